The average Bonchev–Trinajstić information content (AvgIpc) is 2.70. The molecule has 0 saturated heterocycles. The zero-order valence-corrected chi connectivity index (χ0v) is 15.4. The lowest BCUT2D eigenvalue weighted by molar-refractivity contribution is 0.355. The summed E-state index contributed by atoms with van der Waals surface area (Å²) in [4.78, 5) is 16.7. The maximum atomic E-state index is 12.3. The first-order chi connectivity index (χ1) is 13.1. The van der Waals surface area contributed by atoms with Crippen LogP contribution in [0.2, 0.25) is 0 Å². The molecule has 0 saturated carbocycles. The Bertz CT molecular complexity index is 1050. The summed E-state index contributed by atoms with van der Waals surface area (Å²) in [6.45, 7) is 0. The molecule has 1 heterocycles. The van der Waals surface area contributed by atoms with Gasteiger partial charge in [0.2, 0.25) is 5.89 Å². The molecule has 1 aromatic heterocycles. The van der Waals surface area contributed by atoms with Crippen LogP contribution in [0, 0.1) is 0 Å². The maximum Gasteiger partial charge on any atom is 0.347 e. The number of methoxy groups -OCH3 is 4. The molecule has 0 atom stereocenters. The van der Waals surface area contributed by atoms with Crippen molar-refractivity contribution in [1.82, 2.24) is 4.98 Å². The second-order valence-corrected chi connectivity index (χ2v) is 5.51. The van der Waals surface area contributed by atoms with Gasteiger partial charge in [-0.25, -0.2) is 9.78 Å². The molecule has 3 rings (SSSR count). The van der Waals surface area contributed by atoms with Crippen LogP contribution >= 0.6 is 0 Å². The summed E-state index contributed by atoms with van der Waals surface area (Å²) in [5.74, 6) is 2.33. The Kier molecular flexibility index (Phi) is 5.30. The molecule has 0 radical (unpaired) electrons. The van der Waals surface area contributed by atoms with Crippen LogP contribution in [0.1, 0.15) is 11.5 Å². The highest BCUT2D eigenvalue weighted by Crippen LogP contribution is 2.30. The van der Waals surface area contributed by atoms with Gasteiger partial charge in [0.25, 0.3) is 0 Å². The third kappa shape index (κ3) is 3.72. The predicted octanol–water partition coefficient (Wildman–Crippen LogP) is 3.39. The summed E-state index contributed by atoms with van der Waals surface area (Å²) in [7, 11) is 6.16. The lowest BCUT2D eigenvalue weighted by atomic mass is 10.2. The van der Waals surface area contributed by atoms with Crippen LogP contribution in [0.3, 0.4) is 0 Å². The van der Waals surface area contributed by atoms with Gasteiger partial charge in [0.15, 0.2) is 23.0 Å². The van der Waals surface area contributed by atoms with Crippen molar-refractivity contribution >= 4 is 23.1 Å². The number of benzene rings is 2. The van der Waals surface area contributed by atoms with E-state index in [9.17, 15) is 4.79 Å². The van der Waals surface area contributed by atoms with Crippen LogP contribution in [-0.2, 0) is 0 Å². The fourth-order valence-corrected chi connectivity index (χ4v) is 2.61. The van der Waals surface area contributed by atoms with Gasteiger partial charge in [-0.3, -0.25) is 0 Å². The molecule has 0 aliphatic rings. The number of aromatic nitrogens is 1. The van der Waals surface area contributed by atoms with Crippen LogP contribution in [0.4, 0.5) is 0 Å². The van der Waals surface area contributed by atoms with Gasteiger partial charge in [0, 0.05) is 18.2 Å². The number of ether oxygens (including phenoxy) is 4. The molecule has 0 aliphatic heterocycles. The minimum absolute atomic E-state index is 0.175. The molecule has 140 valence electrons. The average molecular weight is 369 g/mol. The first-order valence-electron chi connectivity index (χ1n) is 8.06. The molecule has 0 unspecified atom stereocenters. The van der Waals surface area contributed by atoms with Crippen LogP contribution in [0.5, 0.6) is 23.0 Å². The van der Waals surface area contributed by atoms with Gasteiger partial charge < -0.3 is 23.4 Å². The monoisotopic (exact) mass is 369 g/mol. The summed E-state index contributed by atoms with van der Waals surface area (Å²) in [6, 6.07) is 8.64. The molecular weight excluding hydrogens is 350 g/mol. The number of hydrogen-bond acceptors (Lipinski definition) is 7. The van der Waals surface area contributed by atoms with Crippen LogP contribution in [0.15, 0.2) is 39.5 Å². The molecule has 0 bridgehead atoms. The van der Waals surface area contributed by atoms with E-state index in [1.807, 2.05) is 12.1 Å². The molecule has 0 aliphatic carbocycles. The molecule has 0 fully saturated rings. The van der Waals surface area contributed by atoms with Gasteiger partial charge in [-0.2, -0.15) is 0 Å². The summed E-state index contributed by atoms with van der Waals surface area (Å²) in [5, 5.41) is 0.316. The van der Waals surface area contributed by atoms with Crippen molar-refractivity contribution in [2.24, 2.45) is 0 Å². The summed E-state index contributed by atoms with van der Waals surface area (Å²) in [6.07, 6.45) is 3.37. The van der Waals surface area contributed by atoms with Crippen LogP contribution < -0.4 is 24.6 Å². The van der Waals surface area contributed by atoms with E-state index >= 15 is 0 Å². The Morgan fingerprint density at radius 1 is 0.815 bits per heavy atom. The fraction of sp³-hybridized carbons (Fsp3) is 0.200. The van der Waals surface area contributed by atoms with E-state index in [1.54, 1.807) is 44.6 Å². The minimum Gasteiger partial charge on any atom is -0.493 e. The van der Waals surface area contributed by atoms with Gasteiger partial charge in [0.05, 0.1) is 39.3 Å². The minimum atomic E-state index is -0.507. The lowest BCUT2D eigenvalue weighted by Crippen LogP contribution is -2.04. The summed E-state index contributed by atoms with van der Waals surface area (Å²) >= 11 is 0. The van der Waals surface area contributed by atoms with Gasteiger partial charge in [-0.15, -0.1) is 0 Å². The highest BCUT2D eigenvalue weighted by atomic mass is 16.5. The topological polar surface area (TPSA) is 80.0 Å². The Balaban J connectivity index is 2.00. The summed E-state index contributed by atoms with van der Waals surface area (Å²) in [5.41, 5.74) is 0.785. The first kappa shape index (κ1) is 18.3. The van der Waals surface area contributed by atoms with Gasteiger partial charge in [-0.1, -0.05) is 6.07 Å². The molecule has 0 spiro atoms. The lowest BCUT2D eigenvalue weighted by Gasteiger charge is -2.08. The second kappa shape index (κ2) is 7.82. The Morgan fingerprint density at radius 2 is 1.44 bits per heavy atom. The smallest absolute Gasteiger partial charge is 0.347 e. The molecule has 0 N–H and O–H groups in total. The molecular formula is C20H19NO6. The van der Waals surface area contributed by atoms with Crippen molar-refractivity contribution in [3.8, 4) is 23.0 Å². The molecule has 2 aromatic carbocycles. The van der Waals surface area contributed by atoms with Crippen LogP contribution in [0.25, 0.3) is 23.1 Å². The van der Waals surface area contributed by atoms with Gasteiger partial charge in [0.1, 0.15) is 0 Å². The molecule has 7 nitrogen and oxygen atoms in total. The van der Waals surface area contributed by atoms with Crippen molar-refractivity contribution in [2.75, 3.05) is 28.4 Å². The quantitative estimate of drug-likeness (QED) is 0.659. The second-order valence-electron chi connectivity index (χ2n) is 5.51. The standard InChI is InChI=1S/C20H19NO6/c1-23-15-7-5-12(9-16(15)24-2)6-8-19-21-14-11-18(26-4)17(25-3)10-13(14)20(22)27-19/h5-11H,1-4H3. The maximum absolute atomic E-state index is 12.3. The Labute approximate surface area is 155 Å². The van der Waals surface area contributed by atoms with Crippen molar-refractivity contribution in [3.63, 3.8) is 0 Å². The number of hydrogen-bond donors (Lipinski definition) is 0. The Hall–Kier alpha value is -3.48. The van der Waals surface area contributed by atoms with Crippen molar-refractivity contribution in [2.45, 2.75) is 0 Å². The fourth-order valence-electron chi connectivity index (χ4n) is 2.61. The SMILES string of the molecule is COc1ccc(C=Cc2nc3cc(OC)c(OC)cc3c(=O)o2)cc1OC. The number of fused-ring (bicyclic) bond motifs is 1. The van der Waals surface area contributed by atoms with E-state index in [-0.39, 0.29) is 5.89 Å². The van der Waals surface area contributed by atoms with E-state index in [1.165, 1.54) is 14.2 Å². The van der Waals surface area contributed by atoms with Crippen molar-refractivity contribution < 1.29 is 23.4 Å². The zero-order valence-electron chi connectivity index (χ0n) is 15.4. The van der Waals surface area contributed by atoms with Crippen molar-refractivity contribution in [3.05, 3.63) is 52.2 Å². The molecule has 3 aromatic rings. The normalized spacial score (nSPS) is 11.0. The van der Waals surface area contributed by atoms with Gasteiger partial charge >= 0.3 is 5.63 Å². The van der Waals surface area contributed by atoms with Crippen molar-refractivity contribution in [1.29, 1.82) is 0 Å². The van der Waals surface area contributed by atoms with E-state index in [2.05, 4.69) is 4.98 Å². The predicted molar refractivity (Wildman–Crippen MR) is 102 cm³/mol. The summed E-state index contributed by atoms with van der Waals surface area (Å²) < 4.78 is 26.2. The zero-order chi connectivity index (χ0) is 19.4. The molecule has 0 amide bonds. The van der Waals surface area contributed by atoms with E-state index in [0.29, 0.717) is 33.9 Å². The Morgan fingerprint density at radius 3 is 2.11 bits per heavy atom. The van der Waals surface area contributed by atoms with Crippen LogP contribution in [-0.4, -0.2) is 33.4 Å². The van der Waals surface area contributed by atoms with Gasteiger partial charge in [-0.05, 0) is 23.8 Å². The number of rotatable bonds is 6. The molecule has 27 heavy (non-hydrogen) atoms. The molecule has 7 heteroatoms. The van der Waals surface area contributed by atoms with E-state index in [4.69, 9.17) is 23.4 Å². The third-order valence-corrected chi connectivity index (χ3v) is 3.98. The first-order valence-corrected chi connectivity index (χ1v) is 8.06. The third-order valence-electron chi connectivity index (χ3n) is 3.98. The highest BCUT2D eigenvalue weighted by molar-refractivity contribution is 5.82. The largest absolute Gasteiger partial charge is 0.493 e. The highest BCUT2D eigenvalue weighted by Gasteiger charge is 2.11. The number of nitrogens with zero attached hydrogens (tertiary/aromatic N) is 1. The van der Waals surface area contributed by atoms with E-state index < -0.39 is 5.63 Å². The van der Waals surface area contributed by atoms with E-state index in [0.717, 1.165) is 5.56 Å².